The highest BCUT2D eigenvalue weighted by Crippen LogP contribution is 2.26. The average Bonchev–Trinajstić information content (AvgIpc) is 2.61. The van der Waals surface area contributed by atoms with Gasteiger partial charge in [0.25, 0.3) is 0 Å². The van der Waals surface area contributed by atoms with E-state index in [9.17, 15) is 4.79 Å². The molecule has 1 aromatic heterocycles. The summed E-state index contributed by atoms with van der Waals surface area (Å²) in [5, 5.41) is 9.15. The topological polar surface area (TPSA) is 55.1 Å². The number of benzene rings is 1. The van der Waals surface area contributed by atoms with Crippen molar-refractivity contribution in [2.75, 3.05) is 0 Å². The first-order valence-electron chi connectivity index (χ1n) is 5.54. The molecule has 0 atom stereocenters. The number of hydrogen-bond donors (Lipinski definition) is 1. The van der Waals surface area contributed by atoms with E-state index in [-0.39, 0.29) is 0 Å². The molecule has 4 heteroatoms. The van der Waals surface area contributed by atoms with E-state index in [1.807, 2.05) is 29.8 Å². The number of rotatable bonds is 3. The van der Waals surface area contributed by atoms with E-state index in [0.29, 0.717) is 6.42 Å². The molecular weight excluding hydrogens is 216 g/mol. The van der Waals surface area contributed by atoms with Crippen molar-refractivity contribution >= 4 is 17.0 Å². The third-order valence-corrected chi connectivity index (χ3v) is 3.05. The Kier molecular flexibility index (Phi) is 2.65. The normalized spacial score (nSPS) is 11.9. The standard InChI is InChI=1S/C13H16N2O2/c1-13(2,12(16)17)7-9-5-4-6-10-11(9)14-8-15(10)3/h4-6,8H,7H2,1-3H3,(H,16,17). The SMILES string of the molecule is Cn1cnc2c(CC(C)(C)C(=O)O)cccc21. The van der Waals surface area contributed by atoms with Crippen molar-refractivity contribution in [3.05, 3.63) is 30.1 Å². The number of aliphatic carboxylic acids is 1. The number of imidazole rings is 1. The minimum atomic E-state index is -0.787. The van der Waals surface area contributed by atoms with Crippen LogP contribution >= 0.6 is 0 Å². The fourth-order valence-electron chi connectivity index (χ4n) is 1.91. The molecule has 0 amide bonds. The van der Waals surface area contributed by atoms with Crippen molar-refractivity contribution in [2.45, 2.75) is 20.3 Å². The van der Waals surface area contributed by atoms with Crippen LogP contribution in [0.15, 0.2) is 24.5 Å². The van der Waals surface area contributed by atoms with Crippen LogP contribution in [-0.2, 0) is 18.3 Å². The maximum absolute atomic E-state index is 11.1. The van der Waals surface area contributed by atoms with Gasteiger partial charge in [0.2, 0.25) is 0 Å². The highest BCUT2D eigenvalue weighted by Gasteiger charge is 2.28. The lowest BCUT2D eigenvalue weighted by Crippen LogP contribution is -2.26. The molecule has 17 heavy (non-hydrogen) atoms. The molecule has 1 aromatic carbocycles. The van der Waals surface area contributed by atoms with Gasteiger partial charge in [-0.3, -0.25) is 4.79 Å². The smallest absolute Gasteiger partial charge is 0.309 e. The van der Waals surface area contributed by atoms with Crippen molar-refractivity contribution in [2.24, 2.45) is 12.5 Å². The Morgan fingerprint density at radius 1 is 1.47 bits per heavy atom. The first-order chi connectivity index (χ1) is 7.92. The third kappa shape index (κ3) is 2.02. The Hall–Kier alpha value is -1.84. The molecule has 2 rings (SSSR count). The zero-order valence-electron chi connectivity index (χ0n) is 10.3. The first-order valence-corrected chi connectivity index (χ1v) is 5.54. The Labute approximate surface area is 99.9 Å². The second-order valence-corrected chi connectivity index (χ2v) is 5.01. The molecule has 0 fully saturated rings. The maximum atomic E-state index is 11.1. The highest BCUT2D eigenvalue weighted by atomic mass is 16.4. The molecule has 0 saturated heterocycles. The van der Waals surface area contributed by atoms with Crippen LogP contribution < -0.4 is 0 Å². The van der Waals surface area contributed by atoms with Gasteiger partial charge in [0, 0.05) is 7.05 Å². The highest BCUT2D eigenvalue weighted by molar-refractivity contribution is 5.81. The van der Waals surface area contributed by atoms with Crippen LogP contribution in [0.2, 0.25) is 0 Å². The van der Waals surface area contributed by atoms with Gasteiger partial charge in [0.05, 0.1) is 22.8 Å². The second kappa shape index (κ2) is 3.87. The van der Waals surface area contributed by atoms with Crippen LogP contribution in [0.1, 0.15) is 19.4 Å². The monoisotopic (exact) mass is 232 g/mol. The number of aromatic nitrogens is 2. The zero-order valence-corrected chi connectivity index (χ0v) is 10.3. The number of carboxylic acid groups (broad SMARTS) is 1. The van der Waals surface area contributed by atoms with Crippen LogP contribution in [-0.4, -0.2) is 20.6 Å². The predicted octanol–water partition coefficient (Wildman–Crippen LogP) is 2.23. The summed E-state index contributed by atoms with van der Waals surface area (Å²) in [6, 6.07) is 5.87. The van der Waals surface area contributed by atoms with Crippen molar-refractivity contribution in [3.63, 3.8) is 0 Å². The number of hydrogen-bond acceptors (Lipinski definition) is 2. The molecule has 0 unspecified atom stereocenters. The molecule has 2 aromatic rings. The Bertz CT molecular complexity index is 570. The lowest BCUT2D eigenvalue weighted by atomic mass is 9.85. The minimum absolute atomic E-state index is 0.483. The minimum Gasteiger partial charge on any atom is -0.481 e. The molecule has 90 valence electrons. The predicted molar refractivity (Wildman–Crippen MR) is 65.8 cm³/mol. The van der Waals surface area contributed by atoms with Crippen LogP contribution in [0.4, 0.5) is 0 Å². The van der Waals surface area contributed by atoms with Gasteiger partial charge < -0.3 is 9.67 Å². The van der Waals surface area contributed by atoms with Gasteiger partial charge >= 0.3 is 5.97 Å². The average molecular weight is 232 g/mol. The van der Waals surface area contributed by atoms with Crippen molar-refractivity contribution in [1.82, 2.24) is 9.55 Å². The van der Waals surface area contributed by atoms with Gasteiger partial charge in [-0.05, 0) is 31.9 Å². The number of carbonyl (C=O) groups is 1. The molecule has 1 N–H and O–H groups in total. The molecule has 0 spiro atoms. The van der Waals surface area contributed by atoms with E-state index in [4.69, 9.17) is 5.11 Å². The van der Waals surface area contributed by atoms with Gasteiger partial charge in [-0.25, -0.2) is 4.98 Å². The molecule has 0 aliphatic rings. The summed E-state index contributed by atoms with van der Waals surface area (Å²) < 4.78 is 1.94. The Morgan fingerprint density at radius 2 is 2.18 bits per heavy atom. The lowest BCUT2D eigenvalue weighted by Gasteiger charge is -2.19. The van der Waals surface area contributed by atoms with Crippen molar-refractivity contribution < 1.29 is 9.90 Å². The molecule has 0 radical (unpaired) electrons. The zero-order chi connectivity index (χ0) is 12.6. The first kappa shape index (κ1) is 11.6. The van der Waals surface area contributed by atoms with Gasteiger partial charge in [0.1, 0.15) is 0 Å². The van der Waals surface area contributed by atoms with E-state index in [2.05, 4.69) is 4.98 Å². The number of carboxylic acids is 1. The lowest BCUT2D eigenvalue weighted by molar-refractivity contribution is -0.146. The molecular formula is C13H16N2O2. The van der Waals surface area contributed by atoms with E-state index in [1.54, 1.807) is 20.2 Å². The van der Waals surface area contributed by atoms with Crippen LogP contribution in [0.25, 0.3) is 11.0 Å². The summed E-state index contributed by atoms with van der Waals surface area (Å²) in [6.07, 6.45) is 2.23. The fourth-order valence-corrected chi connectivity index (χ4v) is 1.91. The summed E-state index contributed by atoms with van der Waals surface area (Å²) in [4.78, 5) is 15.5. The summed E-state index contributed by atoms with van der Waals surface area (Å²) in [5.74, 6) is -0.787. The summed E-state index contributed by atoms with van der Waals surface area (Å²) in [7, 11) is 1.93. The fraction of sp³-hybridized carbons (Fsp3) is 0.385. The number of aryl methyl sites for hydroxylation is 1. The second-order valence-electron chi connectivity index (χ2n) is 5.01. The van der Waals surface area contributed by atoms with Gasteiger partial charge in [-0.2, -0.15) is 0 Å². The maximum Gasteiger partial charge on any atom is 0.309 e. The van der Waals surface area contributed by atoms with Gasteiger partial charge in [-0.1, -0.05) is 12.1 Å². The molecule has 0 aliphatic carbocycles. The van der Waals surface area contributed by atoms with Crippen LogP contribution in [0.5, 0.6) is 0 Å². The largest absolute Gasteiger partial charge is 0.481 e. The number of nitrogens with zero attached hydrogens (tertiary/aromatic N) is 2. The molecule has 0 aliphatic heterocycles. The molecule has 0 saturated carbocycles. The van der Waals surface area contributed by atoms with Crippen molar-refractivity contribution in [3.8, 4) is 0 Å². The Balaban J connectivity index is 2.46. The number of para-hydroxylation sites is 1. The summed E-state index contributed by atoms with van der Waals surface area (Å²) in [6.45, 7) is 3.47. The van der Waals surface area contributed by atoms with E-state index < -0.39 is 11.4 Å². The summed E-state index contributed by atoms with van der Waals surface area (Å²) >= 11 is 0. The summed E-state index contributed by atoms with van der Waals surface area (Å²) in [5.41, 5.74) is 2.13. The van der Waals surface area contributed by atoms with Crippen LogP contribution in [0.3, 0.4) is 0 Å². The van der Waals surface area contributed by atoms with Gasteiger partial charge in [0.15, 0.2) is 0 Å². The van der Waals surface area contributed by atoms with E-state index in [1.165, 1.54) is 0 Å². The quantitative estimate of drug-likeness (QED) is 0.882. The van der Waals surface area contributed by atoms with Crippen molar-refractivity contribution in [1.29, 1.82) is 0 Å². The Morgan fingerprint density at radius 3 is 2.82 bits per heavy atom. The van der Waals surface area contributed by atoms with Gasteiger partial charge in [-0.15, -0.1) is 0 Å². The molecule has 4 nitrogen and oxygen atoms in total. The number of fused-ring (bicyclic) bond motifs is 1. The van der Waals surface area contributed by atoms with Crippen LogP contribution in [0, 0.1) is 5.41 Å². The van der Waals surface area contributed by atoms with E-state index in [0.717, 1.165) is 16.6 Å². The van der Waals surface area contributed by atoms with E-state index >= 15 is 0 Å². The molecule has 1 heterocycles. The molecule has 0 bridgehead atoms. The third-order valence-electron chi connectivity index (χ3n) is 3.05.